The summed E-state index contributed by atoms with van der Waals surface area (Å²) in [5, 5.41) is 14.9. The lowest BCUT2D eigenvalue weighted by molar-refractivity contribution is 0.0831. The lowest BCUT2D eigenvalue weighted by Crippen LogP contribution is -2.30. The molecule has 0 aliphatic rings. The Labute approximate surface area is 146 Å². The highest BCUT2D eigenvalue weighted by molar-refractivity contribution is 5.99. The van der Waals surface area contributed by atoms with Crippen LogP contribution in [0.2, 0.25) is 0 Å². The number of amides is 2. The predicted molar refractivity (Wildman–Crippen MR) is 95.5 cm³/mol. The highest BCUT2D eigenvalue weighted by Crippen LogP contribution is 2.16. The van der Waals surface area contributed by atoms with Crippen LogP contribution in [0.1, 0.15) is 0 Å². The molecule has 3 N–H and O–H groups in total. The van der Waals surface area contributed by atoms with Gasteiger partial charge in [0.1, 0.15) is 24.3 Å². The molecule has 7 heteroatoms. The van der Waals surface area contributed by atoms with E-state index in [0.29, 0.717) is 23.7 Å². The average Bonchev–Trinajstić information content (AvgIpc) is 2.53. The average molecular weight is 347 g/mol. The van der Waals surface area contributed by atoms with Crippen molar-refractivity contribution in [2.24, 2.45) is 0 Å². The molecule has 0 unspecified atom stereocenters. The standard InChI is InChI=1S/C18H22FN3O3/c1-22(2)11-16(23)12-25-17-8-6-14(7-9-17)20-18(24)21-15-5-3-4-13(19)10-15/h3-10,16,23H,11-12H2,1-2H3,(H2,20,21,24)/t16-/m1/s1. The SMILES string of the molecule is CN(C)C[C@@H](O)COc1ccc(NC(=O)Nc2cccc(F)c2)cc1. The number of nitrogens with one attached hydrogen (secondary N) is 2. The topological polar surface area (TPSA) is 73.8 Å². The van der Waals surface area contributed by atoms with Crippen molar-refractivity contribution in [2.45, 2.75) is 6.10 Å². The summed E-state index contributed by atoms with van der Waals surface area (Å²) >= 11 is 0. The fourth-order valence-electron chi connectivity index (χ4n) is 2.16. The minimum atomic E-state index is -0.579. The first kappa shape index (κ1) is 18.7. The first-order chi connectivity index (χ1) is 11.9. The van der Waals surface area contributed by atoms with Gasteiger partial charge in [-0.05, 0) is 56.6 Å². The highest BCUT2D eigenvalue weighted by atomic mass is 19.1. The van der Waals surface area contributed by atoms with E-state index in [4.69, 9.17) is 4.74 Å². The van der Waals surface area contributed by atoms with E-state index in [1.807, 2.05) is 19.0 Å². The number of aliphatic hydroxyl groups excluding tert-OH is 1. The Bertz CT molecular complexity index is 692. The van der Waals surface area contributed by atoms with E-state index in [-0.39, 0.29) is 6.61 Å². The number of nitrogens with zero attached hydrogens (tertiary/aromatic N) is 1. The van der Waals surface area contributed by atoms with Crippen LogP contribution >= 0.6 is 0 Å². The lowest BCUT2D eigenvalue weighted by atomic mass is 10.3. The Morgan fingerprint density at radius 2 is 1.84 bits per heavy atom. The molecule has 0 aliphatic carbocycles. The molecule has 25 heavy (non-hydrogen) atoms. The van der Waals surface area contributed by atoms with E-state index >= 15 is 0 Å². The van der Waals surface area contributed by atoms with Gasteiger partial charge in [-0.25, -0.2) is 9.18 Å². The summed E-state index contributed by atoms with van der Waals surface area (Å²) in [4.78, 5) is 13.8. The molecular formula is C18H22FN3O3. The van der Waals surface area contributed by atoms with Crippen LogP contribution in [0.3, 0.4) is 0 Å². The van der Waals surface area contributed by atoms with Crippen molar-refractivity contribution in [1.29, 1.82) is 0 Å². The summed E-state index contributed by atoms with van der Waals surface area (Å²) in [5.74, 6) is 0.171. The van der Waals surface area contributed by atoms with Crippen LogP contribution in [-0.4, -0.2) is 49.4 Å². The highest BCUT2D eigenvalue weighted by Gasteiger charge is 2.07. The molecule has 2 aromatic rings. The number of halogens is 1. The Hall–Kier alpha value is -2.64. The summed E-state index contributed by atoms with van der Waals surface area (Å²) in [6.45, 7) is 0.699. The number of hydrogen-bond donors (Lipinski definition) is 3. The number of ether oxygens (including phenoxy) is 1. The zero-order valence-corrected chi connectivity index (χ0v) is 14.2. The molecule has 0 saturated carbocycles. The molecule has 0 aliphatic heterocycles. The molecular weight excluding hydrogens is 325 g/mol. The molecule has 6 nitrogen and oxygen atoms in total. The molecule has 0 fully saturated rings. The van der Waals surface area contributed by atoms with E-state index in [1.54, 1.807) is 30.3 Å². The Kier molecular flexibility index (Phi) is 6.73. The maximum absolute atomic E-state index is 13.1. The first-order valence-electron chi connectivity index (χ1n) is 7.81. The van der Waals surface area contributed by atoms with Crippen LogP contribution in [0.5, 0.6) is 5.75 Å². The van der Waals surface area contributed by atoms with Crippen LogP contribution in [0.25, 0.3) is 0 Å². The normalized spacial score (nSPS) is 11.9. The second kappa shape index (κ2) is 9.00. The van der Waals surface area contributed by atoms with E-state index in [9.17, 15) is 14.3 Å². The van der Waals surface area contributed by atoms with Gasteiger partial charge in [0.2, 0.25) is 0 Å². The number of aliphatic hydroxyl groups is 1. The van der Waals surface area contributed by atoms with Crippen molar-refractivity contribution in [3.63, 3.8) is 0 Å². The Morgan fingerprint density at radius 1 is 1.16 bits per heavy atom. The molecule has 1 atom stereocenters. The van der Waals surface area contributed by atoms with E-state index in [2.05, 4.69) is 10.6 Å². The molecule has 0 heterocycles. The summed E-state index contributed by atoms with van der Waals surface area (Å²) in [6, 6.07) is 11.9. The number of rotatable bonds is 7. The van der Waals surface area contributed by atoms with Crippen molar-refractivity contribution in [3.8, 4) is 5.75 Å². The molecule has 0 radical (unpaired) electrons. The van der Waals surface area contributed by atoms with Crippen LogP contribution in [-0.2, 0) is 0 Å². The van der Waals surface area contributed by atoms with E-state index in [1.165, 1.54) is 18.2 Å². The summed E-state index contributed by atoms with van der Waals surface area (Å²) in [5.41, 5.74) is 0.933. The van der Waals surface area contributed by atoms with Crippen LogP contribution in [0, 0.1) is 5.82 Å². The molecule has 0 saturated heterocycles. The predicted octanol–water partition coefficient (Wildman–Crippen LogP) is 2.77. The fraction of sp³-hybridized carbons (Fsp3) is 0.278. The molecule has 2 rings (SSSR count). The van der Waals surface area contributed by atoms with Crippen molar-refractivity contribution in [2.75, 3.05) is 37.9 Å². The summed E-state index contributed by atoms with van der Waals surface area (Å²) in [7, 11) is 3.75. The number of benzene rings is 2. The number of urea groups is 1. The van der Waals surface area contributed by atoms with Crippen LogP contribution < -0.4 is 15.4 Å². The van der Waals surface area contributed by atoms with Crippen molar-refractivity contribution >= 4 is 17.4 Å². The quantitative estimate of drug-likeness (QED) is 0.720. The molecule has 134 valence electrons. The van der Waals surface area contributed by atoms with Gasteiger partial charge in [-0.3, -0.25) is 0 Å². The third-order valence-corrected chi connectivity index (χ3v) is 3.21. The van der Waals surface area contributed by atoms with E-state index in [0.717, 1.165) is 0 Å². The van der Waals surface area contributed by atoms with Crippen LogP contribution in [0.15, 0.2) is 48.5 Å². The van der Waals surface area contributed by atoms with Gasteiger partial charge < -0.3 is 25.4 Å². The Morgan fingerprint density at radius 3 is 2.48 bits per heavy atom. The van der Waals surface area contributed by atoms with Gasteiger partial charge in [-0.2, -0.15) is 0 Å². The molecule has 0 bridgehead atoms. The molecule has 2 aromatic carbocycles. The maximum atomic E-state index is 13.1. The van der Waals surface area contributed by atoms with Crippen molar-refractivity contribution in [3.05, 3.63) is 54.3 Å². The fourth-order valence-corrected chi connectivity index (χ4v) is 2.16. The van der Waals surface area contributed by atoms with Crippen molar-refractivity contribution < 1.29 is 19.0 Å². The largest absolute Gasteiger partial charge is 0.491 e. The van der Waals surface area contributed by atoms with Crippen LogP contribution in [0.4, 0.5) is 20.6 Å². The molecule has 2 amide bonds. The van der Waals surface area contributed by atoms with Gasteiger partial charge in [0, 0.05) is 17.9 Å². The third kappa shape index (κ3) is 6.78. The van der Waals surface area contributed by atoms with Gasteiger partial charge >= 0.3 is 6.03 Å². The second-order valence-electron chi connectivity index (χ2n) is 5.84. The minimum absolute atomic E-state index is 0.186. The zero-order chi connectivity index (χ0) is 18.2. The monoisotopic (exact) mass is 347 g/mol. The zero-order valence-electron chi connectivity index (χ0n) is 14.2. The minimum Gasteiger partial charge on any atom is -0.491 e. The first-order valence-corrected chi connectivity index (χ1v) is 7.81. The number of carbonyl (C=O) groups excluding carboxylic acids is 1. The maximum Gasteiger partial charge on any atom is 0.323 e. The second-order valence-corrected chi connectivity index (χ2v) is 5.84. The molecule has 0 aromatic heterocycles. The third-order valence-electron chi connectivity index (χ3n) is 3.21. The van der Waals surface area contributed by atoms with Gasteiger partial charge in [0.15, 0.2) is 0 Å². The lowest BCUT2D eigenvalue weighted by Gasteiger charge is -2.16. The van der Waals surface area contributed by atoms with Crippen molar-refractivity contribution in [1.82, 2.24) is 4.90 Å². The van der Waals surface area contributed by atoms with Gasteiger partial charge in [0.05, 0.1) is 0 Å². The smallest absolute Gasteiger partial charge is 0.323 e. The number of carbonyl (C=O) groups is 1. The van der Waals surface area contributed by atoms with E-state index < -0.39 is 18.0 Å². The summed E-state index contributed by atoms with van der Waals surface area (Å²) in [6.07, 6.45) is -0.579. The summed E-state index contributed by atoms with van der Waals surface area (Å²) < 4.78 is 18.6. The number of hydrogen-bond acceptors (Lipinski definition) is 4. The van der Waals surface area contributed by atoms with Gasteiger partial charge in [-0.1, -0.05) is 6.07 Å². The molecule has 0 spiro atoms. The van der Waals surface area contributed by atoms with Gasteiger partial charge in [0.25, 0.3) is 0 Å². The number of anilines is 2. The number of likely N-dealkylation sites (N-methyl/N-ethyl adjacent to an activating group) is 1. The van der Waals surface area contributed by atoms with Gasteiger partial charge in [-0.15, -0.1) is 0 Å². The Balaban J connectivity index is 1.82.